The van der Waals surface area contributed by atoms with Gasteiger partial charge in [-0.2, -0.15) is 4.98 Å². The van der Waals surface area contributed by atoms with Crippen molar-refractivity contribution in [3.63, 3.8) is 0 Å². The van der Waals surface area contributed by atoms with E-state index >= 15 is 0 Å². The van der Waals surface area contributed by atoms with Gasteiger partial charge in [0.1, 0.15) is 0 Å². The standard InChI is InChI=1S/C14H19N3O2/c1-2-12(18)9-15-10-14-16-13(17-19-14)8-11-6-4-3-5-7-11/h3-7,12,15,18H,2,8-10H2,1H3. The zero-order valence-corrected chi connectivity index (χ0v) is 11.0. The summed E-state index contributed by atoms with van der Waals surface area (Å²) in [5.41, 5.74) is 1.16. The second kappa shape index (κ2) is 7.01. The number of benzene rings is 1. The summed E-state index contributed by atoms with van der Waals surface area (Å²) >= 11 is 0. The molecule has 0 fully saturated rings. The first-order valence-electron chi connectivity index (χ1n) is 6.52. The molecule has 1 aromatic heterocycles. The quantitative estimate of drug-likeness (QED) is 0.790. The zero-order chi connectivity index (χ0) is 13.5. The van der Waals surface area contributed by atoms with Crippen LogP contribution in [0.1, 0.15) is 30.6 Å². The van der Waals surface area contributed by atoms with Crippen molar-refractivity contribution in [2.75, 3.05) is 6.54 Å². The molecular weight excluding hydrogens is 242 g/mol. The smallest absolute Gasteiger partial charge is 0.240 e. The third-order valence-electron chi connectivity index (χ3n) is 2.84. The van der Waals surface area contributed by atoms with E-state index in [4.69, 9.17) is 4.52 Å². The van der Waals surface area contributed by atoms with Crippen molar-refractivity contribution >= 4 is 0 Å². The molecule has 1 atom stereocenters. The first kappa shape index (κ1) is 13.7. The zero-order valence-electron chi connectivity index (χ0n) is 11.0. The lowest BCUT2D eigenvalue weighted by Gasteiger charge is -2.06. The highest BCUT2D eigenvalue weighted by molar-refractivity contribution is 5.18. The van der Waals surface area contributed by atoms with E-state index in [1.165, 1.54) is 0 Å². The number of aliphatic hydroxyl groups is 1. The van der Waals surface area contributed by atoms with Crippen LogP contribution in [0.5, 0.6) is 0 Å². The van der Waals surface area contributed by atoms with E-state index in [2.05, 4.69) is 15.5 Å². The second-order valence-corrected chi connectivity index (χ2v) is 4.46. The fraction of sp³-hybridized carbons (Fsp3) is 0.429. The highest BCUT2D eigenvalue weighted by atomic mass is 16.5. The van der Waals surface area contributed by atoms with Gasteiger partial charge in [0.2, 0.25) is 5.89 Å². The maximum Gasteiger partial charge on any atom is 0.240 e. The first-order valence-corrected chi connectivity index (χ1v) is 6.52. The third kappa shape index (κ3) is 4.46. The minimum absolute atomic E-state index is 0.327. The summed E-state index contributed by atoms with van der Waals surface area (Å²) < 4.78 is 5.15. The van der Waals surface area contributed by atoms with Crippen molar-refractivity contribution in [2.24, 2.45) is 0 Å². The van der Waals surface area contributed by atoms with Crippen molar-refractivity contribution in [3.8, 4) is 0 Å². The Kier molecular flexibility index (Phi) is 5.06. The average Bonchev–Trinajstić information content (AvgIpc) is 2.87. The molecule has 0 aliphatic rings. The molecule has 0 radical (unpaired) electrons. The Morgan fingerprint density at radius 1 is 1.32 bits per heavy atom. The Labute approximate surface area is 112 Å². The molecule has 2 aromatic rings. The van der Waals surface area contributed by atoms with Crippen LogP contribution in [0.25, 0.3) is 0 Å². The van der Waals surface area contributed by atoms with Crippen molar-refractivity contribution in [1.29, 1.82) is 0 Å². The van der Waals surface area contributed by atoms with Crippen LogP contribution in [0, 0.1) is 0 Å². The fourth-order valence-electron chi connectivity index (χ4n) is 1.70. The van der Waals surface area contributed by atoms with Crippen LogP contribution in [0.15, 0.2) is 34.9 Å². The summed E-state index contributed by atoms with van der Waals surface area (Å²) in [4.78, 5) is 4.31. The predicted molar refractivity (Wildman–Crippen MR) is 71.6 cm³/mol. The number of nitrogens with zero attached hydrogens (tertiary/aromatic N) is 2. The van der Waals surface area contributed by atoms with Crippen molar-refractivity contribution in [1.82, 2.24) is 15.5 Å². The van der Waals surface area contributed by atoms with Gasteiger partial charge in [0.15, 0.2) is 5.82 Å². The molecule has 19 heavy (non-hydrogen) atoms. The van der Waals surface area contributed by atoms with Crippen molar-refractivity contribution in [2.45, 2.75) is 32.4 Å². The van der Waals surface area contributed by atoms with Crippen molar-refractivity contribution in [3.05, 3.63) is 47.6 Å². The summed E-state index contributed by atoms with van der Waals surface area (Å²) in [5, 5.41) is 16.4. The van der Waals surface area contributed by atoms with Gasteiger partial charge in [0.25, 0.3) is 0 Å². The monoisotopic (exact) mass is 261 g/mol. The Morgan fingerprint density at radius 2 is 2.11 bits per heavy atom. The van der Waals surface area contributed by atoms with Crippen LogP contribution < -0.4 is 5.32 Å². The van der Waals surface area contributed by atoms with E-state index in [9.17, 15) is 5.11 Å². The molecular formula is C14H19N3O2. The SMILES string of the molecule is CCC(O)CNCc1nc(Cc2ccccc2)no1. The molecule has 0 aliphatic heterocycles. The average molecular weight is 261 g/mol. The lowest BCUT2D eigenvalue weighted by atomic mass is 10.1. The Hall–Kier alpha value is -1.72. The van der Waals surface area contributed by atoms with E-state index < -0.39 is 0 Å². The maximum absolute atomic E-state index is 9.41. The van der Waals surface area contributed by atoms with Gasteiger partial charge in [-0.3, -0.25) is 0 Å². The topological polar surface area (TPSA) is 71.2 Å². The molecule has 0 saturated heterocycles. The Morgan fingerprint density at radius 3 is 2.84 bits per heavy atom. The van der Waals surface area contributed by atoms with Gasteiger partial charge in [0.05, 0.1) is 12.6 Å². The predicted octanol–water partition coefficient (Wildman–Crippen LogP) is 1.52. The van der Waals surface area contributed by atoms with Crippen molar-refractivity contribution < 1.29 is 9.63 Å². The van der Waals surface area contributed by atoms with Crippen LogP contribution in [0.2, 0.25) is 0 Å². The highest BCUT2D eigenvalue weighted by Crippen LogP contribution is 2.06. The molecule has 1 unspecified atom stereocenters. The van der Waals surface area contributed by atoms with Gasteiger partial charge >= 0.3 is 0 Å². The number of hydrogen-bond donors (Lipinski definition) is 2. The van der Waals surface area contributed by atoms with E-state index in [0.29, 0.717) is 31.2 Å². The number of nitrogens with one attached hydrogen (secondary N) is 1. The van der Waals surface area contributed by atoms with Crippen LogP contribution in [-0.4, -0.2) is 27.9 Å². The van der Waals surface area contributed by atoms with Crippen LogP contribution in [0.3, 0.4) is 0 Å². The maximum atomic E-state index is 9.41. The van der Waals surface area contributed by atoms with E-state index in [1.807, 2.05) is 37.3 Å². The number of rotatable bonds is 7. The molecule has 0 saturated carbocycles. The van der Waals surface area contributed by atoms with Crippen LogP contribution >= 0.6 is 0 Å². The van der Waals surface area contributed by atoms with E-state index in [0.717, 1.165) is 12.0 Å². The summed E-state index contributed by atoms with van der Waals surface area (Å²) in [6.07, 6.45) is 1.07. The fourth-order valence-corrected chi connectivity index (χ4v) is 1.70. The summed E-state index contributed by atoms with van der Waals surface area (Å²) in [6, 6.07) is 10.0. The lowest BCUT2D eigenvalue weighted by molar-refractivity contribution is 0.165. The van der Waals surface area contributed by atoms with Gasteiger partial charge in [-0.25, -0.2) is 0 Å². The second-order valence-electron chi connectivity index (χ2n) is 4.46. The largest absolute Gasteiger partial charge is 0.392 e. The van der Waals surface area contributed by atoms with Gasteiger partial charge in [-0.05, 0) is 12.0 Å². The molecule has 5 heteroatoms. The molecule has 0 amide bonds. The van der Waals surface area contributed by atoms with Crippen LogP contribution in [0.4, 0.5) is 0 Å². The highest BCUT2D eigenvalue weighted by Gasteiger charge is 2.07. The van der Waals surface area contributed by atoms with Crippen LogP contribution in [-0.2, 0) is 13.0 Å². The summed E-state index contributed by atoms with van der Waals surface area (Å²) in [7, 11) is 0. The minimum Gasteiger partial charge on any atom is -0.392 e. The van der Waals surface area contributed by atoms with E-state index in [-0.39, 0.29) is 6.10 Å². The van der Waals surface area contributed by atoms with E-state index in [1.54, 1.807) is 0 Å². The normalized spacial score (nSPS) is 12.5. The molecule has 1 heterocycles. The summed E-state index contributed by atoms with van der Waals surface area (Å²) in [5.74, 6) is 1.23. The number of aromatic nitrogens is 2. The number of hydrogen-bond acceptors (Lipinski definition) is 5. The minimum atomic E-state index is -0.327. The Balaban J connectivity index is 1.82. The molecule has 0 spiro atoms. The molecule has 0 aliphatic carbocycles. The molecule has 102 valence electrons. The molecule has 0 bridgehead atoms. The molecule has 1 aromatic carbocycles. The number of aliphatic hydroxyl groups excluding tert-OH is 1. The molecule has 5 nitrogen and oxygen atoms in total. The summed E-state index contributed by atoms with van der Waals surface area (Å²) in [6.45, 7) is 2.96. The van der Waals surface area contributed by atoms with Gasteiger partial charge in [0, 0.05) is 13.0 Å². The third-order valence-corrected chi connectivity index (χ3v) is 2.84. The Bertz CT molecular complexity index is 484. The first-order chi connectivity index (χ1) is 9.28. The molecule has 2 rings (SSSR count). The molecule has 2 N–H and O–H groups in total. The van der Waals surface area contributed by atoms with Gasteiger partial charge in [-0.1, -0.05) is 42.4 Å². The van der Waals surface area contributed by atoms with Gasteiger partial charge in [-0.15, -0.1) is 0 Å². The lowest BCUT2D eigenvalue weighted by Crippen LogP contribution is -2.25. The van der Waals surface area contributed by atoms with Gasteiger partial charge < -0.3 is 14.9 Å².